The normalized spacial score (nSPS) is 12.5. The summed E-state index contributed by atoms with van der Waals surface area (Å²) >= 11 is 0. The monoisotopic (exact) mass is 312 g/mol. The van der Waals surface area contributed by atoms with Gasteiger partial charge in [-0.3, -0.25) is 4.90 Å². The third-order valence-electron chi connectivity index (χ3n) is 2.86. The minimum Gasteiger partial charge on any atom is -0.467 e. The van der Waals surface area contributed by atoms with Crippen molar-refractivity contribution in [2.24, 2.45) is 5.92 Å². The molecule has 0 spiro atoms. The molecule has 0 aromatic rings. The summed E-state index contributed by atoms with van der Waals surface area (Å²) in [5, 5.41) is 8.67. The fourth-order valence-corrected chi connectivity index (χ4v) is 1.96. The van der Waals surface area contributed by atoms with Crippen molar-refractivity contribution in [1.82, 2.24) is 4.90 Å². The molecule has 1 unspecified atom stereocenters. The van der Waals surface area contributed by atoms with Gasteiger partial charge in [-0.2, -0.15) is 5.26 Å². The molecule has 126 valence electrons. The van der Waals surface area contributed by atoms with Gasteiger partial charge in [-0.05, 0) is 39.5 Å². The lowest BCUT2D eigenvalue weighted by Crippen LogP contribution is -2.48. The second-order valence-electron chi connectivity index (χ2n) is 6.60. The average Bonchev–Trinajstić information content (AvgIpc) is 2.38. The number of amides is 1. The van der Waals surface area contributed by atoms with Crippen LogP contribution in [0.15, 0.2) is 0 Å². The molecule has 0 fully saturated rings. The molecule has 0 aliphatic rings. The smallest absolute Gasteiger partial charge is 0.411 e. The molecule has 1 atom stereocenters. The highest BCUT2D eigenvalue weighted by Gasteiger charge is 2.33. The maximum absolute atomic E-state index is 12.4. The number of nitrogens with zero attached hydrogens (tertiary/aromatic N) is 2. The number of unbranched alkanes of at least 4 members (excludes halogenated alkanes) is 1. The zero-order valence-corrected chi connectivity index (χ0v) is 14.5. The Morgan fingerprint density at radius 3 is 2.27 bits per heavy atom. The van der Waals surface area contributed by atoms with Gasteiger partial charge in [0.2, 0.25) is 0 Å². The van der Waals surface area contributed by atoms with Gasteiger partial charge < -0.3 is 9.47 Å². The van der Waals surface area contributed by atoms with Crippen molar-refractivity contribution >= 4 is 12.1 Å². The van der Waals surface area contributed by atoms with Crippen molar-refractivity contribution < 1.29 is 19.1 Å². The molecule has 0 heterocycles. The molecule has 0 aliphatic carbocycles. The minimum absolute atomic E-state index is 0.213. The van der Waals surface area contributed by atoms with E-state index in [0.29, 0.717) is 19.3 Å². The van der Waals surface area contributed by atoms with Gasteiger partial charge >= 0.3 is 12.1 Å². The molecule has 1 amide bonds. The summed E-state index contributed by atoms with van der Waals surface area (Å²) in [7, 11) is 1.30. The van der Waals surface area contributed by atoms with Crippen LogP contribution in [0.5, 0.6) is 0 Å². The van der Waals surface area contributed by atoms with E-state index in [1.54, 1.807) is 20.8 Å². The van der Waals surface area contributed by atoms with Crippen LogP contribution in [0, 0.1) is 17.2 Å². The van der Waals surface area contributed by atoms with E-state index in [9.17, 15) is 9.59 Å². The molecular formula is C16H28N2O4. The Kier molecular flexibility index (Phi) is 8.54. The first-order chi connectivity index (χ1) is 10.1. The average molecular weight is 312 g/mol. The van der Waals surface area contributed by atoms with Crippen LogP contribution >= 0.6 is 0 Å². The number of methoxy groups -OCH3 is 1. The van der Waals surface area contributed by atoms with Crippen molar-refractivity contribution in [3.63, 3.8) is 0 Å². The zero-order chi connectivity index (χ0) is 17.3. The second-order valence-corrected chi connectivity index (χ2v) is 6.60. The first-order valence-corrected chi connectivity index (χ1v) is 7.56. The lowest BCUT2D eigenvalue weighted by atomic mass is 10.0. The summed E-state index contributed by atoms with van der Waals surface area (Å²) in [6.45, 7) is 9.54. The van der Waals surface area contributed by atoms with E-state index in [4.69, 9.17) is 14.7 Å². The molecule has 0 rings (SSSR count). The third-order valence-corrected chi connectivity index (χ3v) is 2.86. The van der Waals surface area contributed by atoms with Gasteiger partial charge in [-0.15, -0.1) is 0 Å². The maximum Gasteiger partial charge on any atom is 0.411 e. The highest BCUT2D eigenvalue weighted by atomic mass is 16.6. The standard InChI is InChI=1S/C16H28N2O4/c1-12(2)11-13(14(19)21-6)18(10-8-7-9-17)15(20)22-16(3,4)5/h12-13H,7-8,10-11H2,1-6H3. The predicted molar refractivity (Wildman–Crippen MR) is 83.0 cm³/mol. The fraction of sp³-hybridized carbons (Fsp3) is 0.812. The third kappa shape index (κ3) is 7.87. The molecule has 0 aromatic heterocycles. The van der Waals surface area contributed by atoms with E-state index in [0.717, 1.165) is 0 Å². The van der Waals surface area contributed by atoms with Gasteiger partial charge in [0.15, 0.2) is 0 Å². The minimum atomic E-state index is -0.696. The summed E-state index contributed by atoms with van der Waals surface area (Å²) < 4.78 is 10.2. The number of carbonyl (C=O) groups is 2. The molecule has 22 heavy (non-hydrogen) atoms. The largest absolute Gasteiger partial charge is 0.467 e. The Hall–Kier alpha value is -1.77. The van der Waals surface area contributed by atoms with Crippen molar-refractivity contribution in [1.29, 1.82) is 5.26 Å². The Bertz CT molecular complexity index is 407. The molecular weight excluding hydrogens is 284 g/mol. The van der Waals surface area contributed by atoms with Crippen LogP contribution in [0.4, 0.5) is 4.79 Å². The van der Waals surface area contributed by atoms with Crippen LogP contribution in [0.1, 0.15) is 53.9 Å². The quantitative estimate of drug-likeness (QED) is 0.533. The molecule has 0 N–H and O–H groups in total. The number of hydrogen-bond donors (Lipinski definition) is 0. The van der Waals surface area contributed by atoms with E-state index < -0.39 is 23.7 Å². The van der Waals surface area contributed by atoms with Crippen LogP contribution in [-0.4, -0.2) is 42.3 Å². The number of ether oxygens (including phenoxy) is 2. The topological polar surface area (TPSA) is 79.6 Å². The molecule has 6 heteroatoms. The maximum atomic E-state index is 12.4. The van der Waals surface area contributed by atoms with Crippen LogP contribution in [-0.2, 0) is 14.3 Å². The summed E-state index contributed by atoms with van der Waals surface area (Å²) in [6, 6.07) is 1.34. The van der Waals surface area contributed by atoms with Gasteiger partial charge in [-0.1, -0.05) is 13.8 Å². The zero-order valence-electron chi connectivity index (χ0n) is 14.5. The summed E-state index contributed by atoms with van der Waals surface area (Å²) in [6.07, 6.45) is 0.732. The van der Waals surface area contributed by atoms with E-state index in [-0.39, 0.29) is 12.5 Å². The van der Waals surface area contributed by atoms with Crippen LogP contribution in [0.3, 0.4) is 0 Å². The van der Waals surface area contributed by atoms with E-state index in [2.05, 4.69) is 0 Å². The van der Waals surface area contributed by atoms with Crippen molar-refractivity contribution in [2.45, 2.75) is 65.5 Å². The lowest BCUT2D eigenvalue weighted by molar-refractivity contribution is -0.147. The Morgan fingerprint density at radius 2 is 1.86 bits per heavy atom. The number of esters is 1. The summed E-state index contributed by atoms with van der Waals surface area (Å²) in [5.74, 6) is -0.249. The van der Waals surface area contributed by atoms with Crippen LogP contribution < -0.4 is 0 Å². The van der Waals surface area contributed by atoms with E-state index in [1.807, 2.05) is 19.9 Å². The second kappa shape index (κ2) is 9.29. The van der Waals surface area contributed by atoms with Gasteiger partial charge in [0.05, 0.1) is 13.2 Å². The Balaban J connectivity index is 5.25. The SMILES string of the molecule is COC(=O)C(CC(C)C)N(CCCC#N)C(=O)OC(C)(C)C. The summed E-state index contributed by atoms with van der Waals surface area (Å²) in [4.78, 5) is 25.8. The van der Waals surface area contributed by atoms with Gasteiger partial charge in [0, 0.05) is 13.0 Å². The van der Waals surface area contributed by atoms with Crippen molar-refractivity contribution in [3.05, 3.63) is 0 Å². The van der Waals surface area contributed by atoms with Crippen LogP contribution in [0.2, 0.25) is 0 Å². The highest BCUT2D eigenvalue weighted by Crippen LogP contribution is 2.18. The predicted octanol–water partition coefficient (Wildman–Crippen LogP) is 3.11. The number of carbonyl (C=O) groups excluding carboxylic acids is 2. The van der Waals surface area contributed by atoms with Gasteiger partial charge in [-0.25, -0.2) is 9.59 Å². The fourth-order valence-electron chi connectivity index (χ4n) is 1.96. The van der Waals surface area contributed by atoms with Crippen molar-refractivity contribution in [2.75, 3.05) is 13.7 Å². The summed E-state index contributed by atoms with van der Waals surface area (Å²) in [5.41, 5.74) is -0.650. The first kappa shape index (κ1) is 20.2. The first-order valence-electron chi connectivity index (χ1n) is 7.56. The number of nitriles is 1. The van der Waals surface area contributed by atoms with E-state index >= 15 is 0 Å². The van der Waals surface area contributed by atoms with Crippen LogP contribution in [0.25, 0.3) is 0 Å². The molecule has 0 bridgehead atoms. The highest BCUT2D eigenvalue weighted by molar-refractivity contribution is 5.81. The van der Waals surface area contributed by atoms with Gasteiger partial charge in [0.1, 0.15) is 11.6 Å². The molecule has 0 radical (unpaired) electrons. The van der Waals surface area contributed by atoms with E-state index in [1.165, 1.54) is 12.0 Å². The number of rotatable bonds is 7. The van der Waals surface area contributed by atoms with Crippen molar-refractivity contribution in [3.8, 4) is 6.07 Å². The molecule has 0 aliphatic heterocycles. The molecule has 0 saturated carbocycles. The van der Waals surface area contributed by atoms with Gasteiger partial charge in [0.25, 0.3) is 0 Å². The Labute approximate surface area is 133 Å². The molecule has 0 saturated heterocycles. The Morgan fingerprint density at radius 1 is 1.27 bits per heavy atom. The lowest BCUT2D eigenvalue weighted by Gasteiger charge is -2.32. The number of hydrogen-bond acceptors (Lipinski definition) is 5. The molecule has 0 aromatic carbocycles. The molecule has 6 nitrogen and oxygen atoms in total.